The van der Waals surface area contributed by atoms with Gasteiger partial charge in [-0.3, -0.25) is 19.7 Å². The summed E-state index contributed by atoms with van der Waals surface area (Å²) in [5, 5.41) is 16.1. The normalized spacial score (nSPS) is 10.8. The fourth-order valence-corrected chi connectivity index (χ4v) is 2.91. The van der Waals surface area contributed by atoms with E-state index in [-0.39, 0.29) is 11.4 Å². The Morgan fingerprint density at radius 1 is 0.912 bits per heavy atom. The number of rotatable bonds is 10. The number of nitro benzene ring substituents is 1. The van der Waals surface area contributed by atoms with Crippen molar-refractivity contribution in [2.45, 2.75) is 6.92 Å². The number of hydrogen-bond acceptors (Lipinski definition) is 6. The standard InChI is InChI=1S/C25H23N3O6/c1-18(29)26-24(17-19-6-5-7-21(16-19)28(31)32)25(30)27-20-10-12-23(13-11-20)34-15-14-33-22-8-3-2-4-9-22/h2-13,16-17H,14-15H2,1H3,(H,26,29)(H,27,30)/b24-17-. The first kappa shape index (κ1) is 24.0. The summed E-state index contributed by atoms with van der Waals surface area (Å²) < 4.78 is 11.2. The van der Waals surface area contributed by atoms with Gasteiger partial charge in [-0.1, -0.05) is 30.3 Å². The summed E-state index contributed by atoms with van der Waals surface area (Å²) in [4.78, 5) is 34.7. The van der Waals surface area contributed by atoms with Crippen LogP contribution < -0.4 is 20.1 Å². The molecule has 0 atom stereocenters. The number of nitrogens with one attached hydrogen (secondary N) is 2. The first-order chi connectivity index (χ1) is 16.4. The Hall–Kier alpha value is -4.66. The zero-order valence-electron chi connectivity index (χ0n) is 18.4. The molecule has 0 saturated carbocycles. The first-order valence-electron chi connectivity index (χ1n) is 10.4. The highest BCUT2D eigenvalue weighted by molar-refractivity contribution is 6.08. The summed E-state index contributed by atoms with van der Waals surface area (Å²) in [5.74, 6) is 0.334. The topological polar surface area (TPSA) is 120 Å². The predicted molar refractivity (Wildman–Crippen MR) is 127 cm³/mol. The number of carbonyl (C=O) groups is 2. The Kier molecular flexibility index (Phi) is 8.34. The highest BCUT2D eigenvalue weighted by atomic mass is 16.6. The Labute approximate surface area is 196 Å². The van der Waals surface area contributed by atoms with Crippen LogP contribution >= 0.6 is 0 Å². The second-order valence-electron chi connectivity index (χ2n) is 7.08. The van der Waals surface area contributed by atoms with Crippen LogP contribution in [0.4, 0.5) is 11.4 Å². The van der Waals surface area contributed by atoms with Gasteiger partial charge in [-0.2, -0.15) is 0 Å². The maximum absolute atomic E-state index is 12.7. The van der Waals surface area contributed by atoms with Gasteiger partial charge in [0, 0.05) is 24.7 Å². The van der Waals surface area contributed by atoms with Gasteiger partial charge in [-0.15, -0.1) is 0 Å². The molecule has 0 aromatic heterocycles. The van der Waals surface area contributed by atoms with Gasteiger partial charge in [0.05, 0.1) is 4.92 Å². The summed E-state index contributed by atoms with van der Waals surface area (Å²) >= 11 is 0. The molecule has 0 fully saturated rings. The number of nitrogens with zero attached hydrogens (tertiary/aromatic N) is 1. The lowest BCUT2D eigenvalue weighted by molar-refractivity contribution is -0.384. The summed E-state index contributed by atoms with van der Waals surface area (Å²) in [6, 6.07) is 21.9. The van der Waals surface area contributed by atoms with Gasteiger partial charge in [0.15, 0.2) is 0 Å². The number of nitro groups is 1. The zero-order valence-corrected chi connectivity index (χ0v) is 18.4. The lowest BCUT2D eigenvalue weighted by Crippen LogP contribution is -2.28. The van der Waals surface area contributed by atoms with E-state index >= 15 is 0 Å². The van der Waals surface area contributed by atoms with Crippen molar-refractivity contribution < 1.29 is 24.0 Å². The lowest BCUT2D eigenvalue weighted by Gasteiger charge is -2.11. The quantitative estimate of drug-likeness (QED) is 0.202. The highest BCUT2D eigenvalue weighted by Gasteiger charge is 2.13. The van der Waals surface area contributed by atoms with Crippen molar-refractivity contribution in [1.82, 2.24) is 5.32 Å². The number of carbonyl (C=O) groups excluding carboxylic acids is 2. The Morgan fingerprint density at radius 2 is 1.56 bits per heavy atom. The van der Waals surface area contributed by atoms with E-state index in [1.807, 2.05) is 30.3 Å². The molecule has 0 unspecified atom stereocenters. The molecular formula is C25H23N3O6. The second-order valence-corrected chi connectivity index (χ2v) is 7.08. The molecule has 9 nitrogen and oxygen atoms in total. The molecule has 0 radical (unpaired) electrons. The summed E-state index contributed by atoms with van der Waals surface area (Å²) in [6.45, 7) is 1.99. The summed E-state index contributed by atoms with van der Waals surface area (Å²) in [7, 11) is 0. The number of ether oxygens (including phenoxy) is 2. The first-order valence-corrected chi connectivity index (χ1v) is 10.4. The number of amides is 2. The van der Waals surface area contributed by atoms with Crippen LogP contribution in [0.5, 0.6) is 11.5 Å². The molecule has 3 aromatic rings. The largest absolute Gasteiger partial charge is 0.490 e. The molecule has 3 aromatic carbocycles. The lowest BCUT2D eigenvalue weighted by atomic mass is 10.1. The Morgan fingerprint density at radius 3 is 2.18 bits per heavy atom. The maximum Gasteiger partial charge on any atom is 0.272 e. The summed E-state index contributed by atoms with van der Waals surface area (Å²) in [6.07, 6.45) is 1.37. The molecule has 0 heterocycles. The molecule has 2 amide bonds. The molecule has 0 spiro atoms. The SMILES string of the molecule is CC(=O)N/C(=C\c1cccc([N+](=O)[O-])c1)C(=O)Nc1ccc(OCCOc2ccccc2)cc1. The van der Waals surface area contributed by atoms with Gasteiger partial charge in [0.2, 0.25) is 5.91 Å². The number of non-ortho nitro benzene ring substituents is 1. The molecule has 0 bridgehead atoms. The van der Waals surface area contributed by atoms with E-state index in [1.54, 1.807) is 30.3 Å². The van der Waals surface area contributed by atoms with Gasteiger partial charge in [0.1, 0.15) is 30.4 Å². The van der Waals surface area contributed by atoms with Gasteiger partial charge in [-0.25, -0.2) is 0 Å². The van der Waals surface area contributed by atoms with Gasteiger partial charge < -0.3 is 20.1 Å². The summed E-state index contributed by atoms with van der Waals surface area (Å²) in [5.41, 5.74) is 0.704. The molecule has 3 rings (SSSR count). The minimum atomic E-state index is -0.577. The van der Waals surface area contributed by atoms with Crippen LogP contribution in [0.1, 0.15) is 12.5 Å². The van der Waals surface area contributed by atoms with E-state index in [0.29, 0.717) is 30.2 Å². The number of hydrogen-bond donors (Lipinski definition) is 2. The van der Waals surface area contributed by atoms with Crippen molar-refractivity contribution in [1.29, 1.82) is 0 Å². The fourth-order valence-electron chi connectivity index (χ4n) is 2.91. The molecule has 0 aliphatic heterocycles. The monoisotopic (exact) mass is 461 g/mol. The van der Waals surface area contributed by atoms with Crippen LogP contribution in [-0.4, -0.2) is 30.0 Å². The van der Waals surface area contributed by atoms with Crippen molar-refractivity contribution in [3.05, 3.63) is 100 Å². The Bertz CT molecular complexity index is 1180. The van der Waals surface area contributed by atoms with Crippen molar-refractivity contribution in [3.63, 3.8) is 0 Å². The highest BCUT2D eigenvalue weighted by Crippen LogP contribution is 2.18. The van der Waals surface area contributed by atoms with Gasteiger partial charge in [-0.05, 0) is 48.0 Å². The molecular weight excluding hydrogens is 438 g/mol. The number of benzene rings is 3. The van der Waals surface area contributed by atoms with Crippen molar-refractivity contribution in [3.8, 4) is 11.5 Å². The van der Waals surface area contributed by atoms with Crippen LogP contribution in [0.2, 0.25) is 0 Å². The van der Waals surface area contributed by atoms with E-state index in [9.17, 15) is 19.7 Å². The minimum Gasteiger partial charge on any atom is -0.490 e. The Balaban J connectivity index is 1.60. The van der Waals surface area contributed by atoms with Gasteiger partial charge >= 0.3 is 0 Å². The van der Waals surface area contributed by atoms with E-state index in [0.717, 1.165) is 5.75 Å². The van der Waals surface area contributed by atoms with Gasteiger partial charge in [0.25, 0.3) is 11.6 Å². The van der Waals surface area contributed by atoms with E-state index in [1.165, 1.54) is 31.2 Å². The van der Waals surface area contributed by atoms with Crippen molar-refractivity contribution >= 4 is 29.3 Å². The van der Waals surface area contributed by atoms with E-state index < -0.39 is 16.7 Å². The molecule has 2 N–H and O–H groups in total. The molecule has 34 heavy (non-hydrogen) atoms. The maximum atomic E-state index is 12.7. The minimum absolute atomic E-state index is 0.0496. The smallest absolute Gasteiger partial charge is 0.272 e. The number of anilines is 1. The van der Waals surface area contributed by atoms with Crippen molar-refractivity contribution in [2.24, 2.45) is 0 Å². The third-order valence-electron chi connectivity index (χ3n) is 4.42. The molecule has 0 saturated heterocycles. The van der Waals surface area contributed by atoms with Crippen LogP contribution in [0.3, 0.4) is 0 Å². The average Bonchev–Trinajstić information content (AvgIpc) is 2.83. The number of para-hydroxylation sites is 1. The van der Waals surface area contributed by atoms with Crippen LogP contribution in [-0.2, 0) is 9.59 Å². The molecule has 174 valence electrons. The molecule has 9 heteroatoms. The van der Waals surface area contributed by atoms with E-state index in [4.69, 9.17) is 9.47 Å². The molecule has 0 aliphatic rings. The molecule has 0 aliphatic carbocycles. The third kappa shape index (κ3) is 7.49. The van der Waals surface area contributed by atoms with Crippen LogP contribution in [0.25, 0.3) is 6.08 Å². The average molecular weight is 461 g/mol. The van der Waals surface area contributed by atoms with Crippen LogP contribution in [0.15, 0.2) is 84.6 Å². The third-order valence-corrected chi connectivity index (χ3v) is 4.42. The fraction of sp³-hybridized carbons (Fsp3) is 0.120. The van der Waals surface area contributed by atoms with Crippen LogP contribution in [0, 0.1) is 10.1 Å². The zero-order chi connectivity index (χ0) is 24.3. The second kappa shape index (κ2) is 11.8. The predicted octanol–water partition coefficient (Wildman–Crippen LogP) is 4.17. The van der Waals surface area contributed by atoms with Crippen molar-refractivity contribution in [2.75, 3.05) is 18.5 Å². The van der Waals surface area contributed by atoms with E-state index in [2.05, 4.69) is 10.6 Å².